The number of benzene rings is 2. The van der Waals surface area contributed by atoms with Gasteiger partial charge in [0.1, 0.15) is 47.1 Å². The van der Waals surface area contributed by atoms with Crippen LogP contribution in [0.4, 0.5) is 23.7 Å². The number of nitrogens with one attached hydrogen (secondary N) is 3. The van der Waals surface area contributed by atoms with Gasteiger partial charge in [0.15, 0.2) is 5.75 Å². The number of carbonyl (C=O) groups is 3. The molecule has 15 heteroatoms. The van der Waals surface area contributed by atoms with Crippen molar-refractivity contribution in [2.75, 3.05) is 19.4 Å². The van der Waals surface area contributed by atoms with Crippen LogP contribution in [0.2, 0.25) is 0 Å². The van der Waals surface area contributed by atoms with E-state index in [1.165, 1.54) is 46.0 Å². The van der Waals surface area contributed by atoms with Crippen LogP contribution in [0.1, 0.15) is 24.2 Å². The number of rotatable bonds is 12. The number of carboxylic acid groups (broad SMARTS) is 1. The number of fused-ring (bicyclic) bond motifs is 1. The summed E-state index contributed by atoms with van der Waals surface area (Å²) in [5, 5.41) is 13.7. The van der Waals surface area contributed by atoms with Crippen LogP contribution < -0.4 is 20.9 Å². The highest BCUT2D eigenvalue weighted by Gasteiger charge is 2.21. The van der Waals surface area contributed by atoms with Gasteiger partial charge in [-0.1, -0.05) is 6.08 Å². The van der Waals surface area contributed by atoms with Gasteiger partial charge in [0, 0.05) is 38.0 Å². The molecule has 0 bridgehead atoms. The van der Waals surface area contributed by atoms with Crippen LogP contribution in [-0.4, -0.2) is 62.6 Å². The maximum absolute atomic E-state index is 14.3. The zero-order valence-corrected chi connectivity index (χ0v) is 24.1. The fraction of sp³-hybridized carbons (Fsp3) is 0.233. The van der Waals surface area contributed by atoms with E-state index in [-0.39, 0.29) is 65.8 Å². The average molecular weight is 627 g/mol. The molecule has 0 spiro atoms. The monoisotopic (exact) mass is 626 g/mol. The molecule has 4 N–H and O–H groups in total. The molecule has 0 unspecified atom stereocenters. The number of H-pyrrole nitrogens is 1. The fourth-order valence-electron chi connectivity index (χ4n) is 4.23. The zero-order chi connectivity index (χ0) is 32.7. The number of pyridine rings is 1. The number of hydrogen-bond donors (Lipinski definition) is 4. The maximum atomic E-state index is 14.3. The Morgan fingerprint density at radius 3 is 2.62 bits per heavy atom. The molecule has 0 fully saturated rings. The minimum absolute atomic E-state index is 0.0116. The summed E-state index contributed by atoms with van der Waals surface area (Å²) in [6, 6.07) is 6.83. The van der Waals surface area contributed by atoms with E-state index < -0.39 is 41.1 Å². The first kappa shape index (κ1) is 32.3. The Kier molecular flexibility index (Phi) is 10.2. The lowest BCUT2D eigenvalue weighted by Crippen LogP contribution is -2.44. The maximum Gasteiger partial charge on any atom is 0.405 e. The van der Waals surface area contributed by atoms with E-state index in [2.05, 4.69) is 20.6 Å². The van der Waals surface area contributed by atoms with Crippen molar-refractivity contribution in [3.8, 4) is 5.75 Å². The number of aromatic nitrogens is 3. The second-order valence-corrected chi connectivity index (χ2v) is 10.1. The molecule has 4 rings (SSSR count). The number of aromatic amines is 1. The lowest BCUT2D eigenvalue weighted by Gasteiger charge is -2.16. The van der Waals surface area contributed by atoms with Crippen molar-refractivity contribution in [3.05, 3.63) is 100 Å². The summed E-state index contributed by atoms with van der Waals surface area (Å²) in [5.41, 5.74) is -0.278. The summed E-state index contributed by atoms with van der Waals surface area (Å²) in [4.78, 5) is 57.7. The molecule has 0 aliphatic rings. The van der Waals surface area contributed by atoms with E-state index in [0.717, 1.165) is 18.2 Å². The van der Waals surface area contributed by atoms with Gasteiger partial charge < -0.3 is 34.9 Å². The molecule has 2 aromatic carbocycles. The van der Waals surface area contributed by atoms with Gasteiger partial charge in [0.2, 0.25) is 11.8 Å². The molecule has 2 heterocycles. The number of likely N-dealkylation sites (N-methyl/N-ethyl adjacent to an activating group) is 1. The molecule has 45 heavy (non-hydrogen) atoms. The number of halogens is 3. The first-order valence-electron chi connectivity index (χ1n) is 13.5. The Hall–Kier alpha value is -5.60. The third-order valence-corrected chi connectivity index (χ3v) is 6.50. The van der Waals surface area contributed by atoms with Gasteiger partial charge in [-0.05, 0) is 49.2 Å². The number of carbonyl (C=O) groups excluding carboxylic acids is 2. The quantitative estimate of drug-likeness (QED) is 0.174. The molecule has 0 radical (unpaired) electrons. The molecule has 2 aromatic heterocycles. The van der Waals surface area contributed by atoms with Crippen LogP contribution in [-0.2, 0) is 22.7 Å². The van der Waals surface area contributed by atoms with E-state index in [0.29, 0.717) is 6.07 Å². The molecule has 12 nitrogen and oxygen atoms in total. The van der Waals surface area contributed by atoms with Crippen LogP contribution in [0.15, 0.2) is 65.6 Å². The van der Waals surface area contributed by atoms with Crippen molar-refractivity contribution >= 4 is 34.6 Å². The first-order chi connectivity index (χ1) is 21.4. The van der Waals surface area contributed by atoms with Crippen molar-refractivity contribution in [3.63, 3.8) is 0 Å². The highest BCUT2D eigenvalue weighted by atomic mass is 19.1. The Bertz CT molecular complexity index is 1820. The van der Waals surface area contributed by atoms with Crippen molar-refractivity contribution < 1.29 is 37.4 Å². The highest BCUT2D eigenvalue weighted by Crippen LogP contribution is 2.27. The fourth-order valence-corrected chi connectivity index (χ4v) is 4.23. The number of hydrogen-bond acceptors (Lipinski definition) is 6. The number of amides is 3. The molecule has 0 saturated carbocycles. The summed E-state index contributed by atoms with van der Waals surface area (Å²) in [5.74, 6) is -3.08. The van der Waals surface area contributed by atoms with E-state index in [9.17, 15) is 37.5 Å². The molecule has 3 amide bonds. The molecular formula is C30H29F3N6O6. The molecule has 236 valence electrons. The van der Waals surface area contributed by atoms with E-state index >= 15 is 0 Å². The smallest absolute Gasteiger partial charge is 0.405 e. The van der Waals surface area contributed by atoms with E-state index in [1.54, 1.807) is 14.1 Å². The highest BCUT2D eigenvalue weighted by molar-refractivity contribution is 5.96. The zero-order valence-electron chi connectivity index (χ0n) is 24.1. The molecule has 1 atom stereocenters. The second kappa shape index (κ2) is 14.2. The number of imidazole rings is 1. The third-order valence-electron chi connectivity index (χ3n) is 6.50. The predicted molar refractivity (Wildman–Crippen MR) is 157 cm³/mol. The summed E-state index contributed by atoms with van der Waals surface area (Å²) < 4.78 is 48.4. The van der Waals surface area contributed by atoms with Gasteiger partial charge >= 0.3 is 6.09 Å². The number of nitrogens with zero attached hydrogens (tertiary/aromatic N) is 3. The minimum Gasteiger partial charge on any atom is -0.486 e. The van der Waals surface area contributed by atoms with Gasteiger partial charge in [-0.2, -0.15) is 0 Å². The third kappa shape index (κ3) is 8.49. The predicted octanol–water partition coefficient (Wildman–Crippen LogP) is 3.77. The van der Waals surface area contributed by atoms with Crippen molar-refractivity contribution in [1.82, 2.24) is 24.8 Å². The molecule has 0 saturated heterocycles. The second-order valence-electron chi connectivity index (χ2n) is 10.1. The molecule has 0 aliphatic carbocycles. The topological polar surface area (TPSA) is 159 Å². The lowest BCUT2D eigenvalue weighted by atomic mass is 10.1. The van der Waals surface area contributed by atoms with Crippen LogP contribution >= 0.6 is 0 Å². The van der Waals surface area contributed by atoms with Crippen LogP contribution in [0.5, 0.6) is 5.75 Å². The Morgan fingerprint density at radius 2 is 1.91 bits per heavy atom. The minimum atomic E-state index is -1.44. The Balaban J connectivity index is 1.49. The number of anilines is 1. The number of allylic oxidation sites excluding steroid dienone is 1. The van der Waals surface area contributed by atoms with E-state index in [4.69, 9.17) is 4.74 Å². The summed E-state index contributed by atoms with van der Waals surface area (Å²) in [6.45, 7) is -0.456. The largest absolute Gasteiger partial charge is 0.486 e. The molecule has 0 aliphatic heterocycles. The van der Waals surface area contributed by atoms with Crippen LogP contribution in [0, 0.1) is 17.5 Å². The number of ether oxygens (including phenoxy) is 1. The molecule has 4 aromatic rings. The van der Waals surface area contributed by atoms with Crippen LogP contribution in [0.3, 0.4) is 0 Å². The van der Waals surface area contributed by atoms with Crippen LogP contribution in [0.25, 0.3) is 11.0 Å². The van der Waals surface area contributed by atoms with Crippen molar-refractivity contribution in [2.24, 2.45) is 0 Å². The lowest BCUT2D eigenvalue weighted by molar-refractivity contribution is -0.123. The summed E-state index contributed by atoms with van der Waals surface area (Å²) >= 11 is 0. The summed E-state index contributed by atoms with van der Waals surface area (Å²) in [7, 11) is 3.14. The van der Waals surface area contributed by atoms with Crippen molar-refractivity contribution in [1.29, 1.82) is 0 Å². The normalized spacial score (nSPS) is 11.8. The van der Waals surface area contributed by atoms with E-state index in [1.807, 2.05) is 0 Å². The Morgan fingerprint density at radius 1 is 1.13 bits per heavy atom. The Labute approximate surface area is 254 Å². The van der Waals surface area contributed by atoms with Crippen molar-refractivity contribution in [2.45, 2.75) is 32.0 Å². The van der Waals surface area contributed by atoms with Gasteiger partial charge in [-0.15, -0.1) is 0 Å². The standard InChI is InChI=1S/C30H29F3N6O6/c1-38(2)26(40)8-4-3-6-21(36-30(43)44)28(41)35-22-7-5-11-39(29(22)42)15-25-34-23-13-19(32)14-24(27(23)37-25)45-16-17-9-10-18(31)12-20(17)33/h4-5,7-14,21,36H,3,6,15-16H2,1-2H3,(H,34,37)(H,35,41)(H,43,44)/b8-4+/t21-/m0/s1. The van der Waals surface area contributed by atoms with Gasteiger partial charge in [0.25, 0.3) is 5.56 Å². The molecular weight excluding hydrogens is 597 g/mol. The SMILES string of the molecule is CN(C)C(=O)/C=C/CC[C@H](NC(=O)O)C(=O)Nc1cccn(Cc2nc3c(OCc4ccc(F)cc4F)cc(F)cc3[nH]2)c1=O. The summed E-state index contributed by atoms with van der Waals surface area (Å²) in [6.07, 6.45) is 3.02. The van der Waals surface area contributed by atoms with Gasteiger partial charge in [-0.3, -0.25) is 14.4 Å². The first-order valence-corrected chi connectivity index (χ1v) is 13.5. The van der Waals surface area contributed by atoms with Gasteiger partial charge in [0.05, 0.1) is 12.1 Å². The van der Waals surface area contributed by atoms with Gasteiger partial charge in [-0.25, -0.2) is 22.9 Å². The average Bonchev–Trinajstić information content (AvgIpc) is 3.38.